The average molecular weight is 228 g/mol. The van der Waals surface area contributed by atoms with Crippen molar-refractivity contribution in [2.75, 3.05) is 18.5 Å². The highest BCUT2D eigenvalue weighted by Gasteiger charge is 2.19. The molecule has 0 aliphatic rings. The fourth-order valence-electron chi connectivity index (χ4n) is 0.931. The molecule has 0 saturated heterocycles. The first kappa shape index (κ1) is 11.9. The number of nitrogens with one attached hydrogen (secondary N) is 2. The van der Waals surface area contributed by atoms with Crippen LogP contribution in [0.3, 0.4) is 0 Å². The SMILES string of the molecule is CSC(C)(C)CNC(=O)c1[nH]ncc1N. The Hall–Kier alpha value is -1.17. The van der Waals surface area contributed by atoms with E-state index in [0.29, 0.717) is 17.9 Å². The number of carbonyl (C=O) groups excluding carboxylic acids is 1. The largest absolute Gasteiger partial charge is 0.396 e. The maximum atomic E-state index is 11.6. The number of H-pyrrole nitrogens is 1. The van der Waals surface area contributed by atoms with Gasteiger partial charge in [-0.25, -0.2) is 0 Å². The van der Waals surface area contributed by atoms with Gasteiger partial charge in [-0.3, -0.25) is 9.89 Å². The molecule has 1 heterocycles. The zero-order chi connectivity index (χ0) is 11.5. The lowest BCUT2D eigenvalue weighted by atomic mass is 10.2. The molecule has 0 spiro atoms. The van der Waals surface area contributed by atoms with Crippen molar-refractivity contribution in [1.29, 1.82) is 0 Å². The van der Waals surface area contributed by atoms with Gasteiger partial charge in [0.15, 0.2) is 0 Å². The standard InChI is InChI=1S/C9H16N4OS/c1-9(2,15-3)5-11-8(14)7-6(10)4-12-13-7/h4H,5,10H2,1-3H3,(H,11,14)(H,12,13). The van der Waals surface area contributed by atoms with Gasteiger partial charge < -0.3 is 11.1 Å². The third-order valence-corrected chi connectivity index (χ3v) is 3.37. The summed E-state index contributed by atoms with van der Waals surface area (Å²) in [4.78, 5) is 11.6. The van der Waals surface area contributed by atoms with Crippen molar-refractivity contribution in [2.45, 2.75) is 18.6 Å². The Morgan fingerprint density at radius 1 is 1.73 bits per heavy atom. The fourth-order valence-corrected chi connectivity index (χ4v) is 1.15. The van der Waals surface area contributed by atoms with E-state index < -0.39 is 0 Å². The van der Waals surface area contributed by atoms with Crippen molar-refractivity contribution in [1.82, 2.24) is 15.5 Å². The number of nitrogens with zero attached hydrogens (tertiary/aromatic N) is 1. The number of carbonyl (C=O) groups is 1. The van der Waals surface area contributed by atoms with Crippen LogP contribution in [0.5, 0.6) is 0 Å². The van der Waals surface area contributed by atoms with Gasteiger partial charge in [-0.15, -0.1) is 0 Å². The molecule has 0 aromatic carbocycles. The molecule has 0 radical (unpaired) electrons. The number of hydrogen-bond acceptors (Lipinski definition) is 4. The molecule has 15 heavy (non-hydrogen) atoms. The van der Waals surface area contributed by atoms with Crippen molar-refractivity contribution in [3.8, 4) is 0 Å². The Bertz CT molecular complexity index is 348. The number of nitrogen functional groups attached to an aromatic ring is 1. The number of aromatic nitrogens is 2. The Morgan fingerprint density at radius 3 is 2.87 bits per heavy atom. The molecular formula is C9H16N4OS. The summed E-state index contributed by atoms with van der Waals surface area (Å²) in [6.45, 7) is 4.72. The van der Waals surface area contributed by atoms with Gasteiger partial charge in [0.25, 0.3) is 5.91 Å². The lowest BCUT2D eigenvalue weighted by Gasteiger charge is -2.21. The normalized spacial score (nSPS) is 11.4. The molecule has 0 saturated carbocycles. The summed E-state index contributed by atoms with van der Waals surface area (Å²) in [7, 11) is 0. The molecule has 84 valence electrons. The Balaban J connectivity index is 2.55. The van der Waals surface area contributed by atoms with E-state index in [4.69, 9.17) is 5.73 Å². The van der Waals surface area contributed by atoms with Crippen molar-refractivity contribution in [3.05, 3.63) is 11.9 Å². The van der Waals surface area contributed by atoms with Gasteiger partial charge in [0.1, 0.15) is 5.69 Å². The molecule has 0 aliphatic carbocycles. The average Bonchev–Trinajstić information content (AvgIpc) is 2.61. The number of anilines is 1. The monoisotopic (exact) mass is 228 g/mol. The predicted molar refractivity (Wildman–Crippen MR) is 62.9 cm³/mol. The summed E-state index contributed by atoms with van der Waals surface area (Å²) >= 11 is 1.70. The van der Waals surface area contributed by atoms with Gasteiger partial charge in [-0.05, 0) is 20.1 Å². The van der Waals surface area contributed by atoms with E-state index in [1.165, 1.54) is 6.20 Å². The zero-order valence-electron chi connectivity index (χ0n) is 9.13. The van der Waals surface area contributed by atoms with Gasteiger partial charge in [0.2, 0.25) is 0 Å². The Morgan fingerprint density at radius 2 is 2.40 bits per heavy atom. The van der Waals surface area contributed by atoms with E-state index in [9.17, 15) is 4.79 Å². The first-order valence-corrected chi connectivity index (χ1v) is 5.81. The fraction of sp³-hybridized carbons (Fsp3) is 0.556. The van der Waals surface area contributed by atoms with E-state index in [-0.39, 0.29) is 10.7 Å². The first-order chi connectivity index (χ1) is 6.96. The number of rotatable bonds is 4. The van der Waals surface area contributed by atoms with Crippen LogP contribution in [-0.2, 0) is 0 Å². The molecule has 0 bridgehead atoms. The molecular weight excluding hydrogens is 212 g/mol. The molecule has 0 atom stereocenters. The Kier molecular flexibility index (Phi) is 3.62. The number of nitrogens with two attached hydrogens (primary N) is 1. The van der Waals surface area contributed by atoms with Crippen LogP contribution in [0.15, 0.2) is 6.20 Å². The van der Waals surface area contributed by atoms with Crippen molar-refractivity contribution < 1.29 is 4.79 Å². The smallest absolute Gasteiger partial charge is 0.271 e. The van der Waals surface area contributed by atoms with Crippen LogP contribution < -0.4 is 11.1 Å². The van der Waals surface area contributed by atoms with E-state index in [1.54, 1.807) is 11.8 Å². The minimum Gasteiger partial charge on any atom is -0.396 e. The summed E-state index contributed by atoms with van der Waals surface area (Å²) in [5.74, 6) is -0.216. The quantitative estimate of drug-likeness (QED) is 0.713. The van der Waals surface area contributed by atoms with Crippen LogP contribution in [-0.4, -0.2) is 33.7 Å². The predicted octanol–water partition coefficient (Wildman–Crippen LogP) is 0.863. The summed E-state index contributed by atoms with van der Waals surface area (Å²) in [5.41, 5.74) is 6.25. The van der Waals surface area contributed by atoms with Gasteiger partial charge in [0.05, 0.1) is 11.9 Å². The molecule has 4 N–H and O–H groups in total. The number of hydrogen-bond donors (Lipinski definition) is 3. The van der Waals surface area contributed by atoms with Crippen LogP contribution in [0, 0.1) is 0 Å². The van der Waals surface area contributed by atoms with E-state index in [2.05, 4.69) is 29.4 Å². The molecule has 1 aromatic heterocycles. The highest BCUT2D eigenvalue weighted by Crippen LogP contribution is 2.19. The van der Waals surface area contributed by atoms with Gasteiger partial charge in [-0.2, -0.15) is 16.9 Å². The van der Waals surface area contributed by atoms with E-state index in [0.717, 1.165) is 0 Å². The second-order valence-corrected chi connectivity index (χ2v) is 5.36. The maximum absolute atomic E-state index is 11.6. The van der Waals surface area contributed by atoms with E-state index in [1.807, 2.05) is 6.26 Å². The van der Waals surface area contributed by atoms with Gasteiger partial charge in [0, 0.05) is 11.3 Å². The van der Waals surface area contributed by atoms with Crippen molar-refractivity contribution in [2.24, 2.45) is 0 Å². The molecule has 5 nitrogen and oxygen atoms in total. The summed E-state index contributed by atoms with van der Waals surface area (Å²) in [5, 5.41) is 9.06. The number of thioether (sulfide) groups is 1. The van der Waals surface area contributed by atoms with Crippen LogP contribution in [0.2, 0.25) is 0 Å². The van der Waals surface area contributed by atoms with E-state index >= 15 is 0 Å². The third-order valence-electron chi connectivity index (χ3n) is 2.12. The molecule has 0 unspecified atom stereocenters. The molecule has 1 amide bonds. The van der Waals surface area contributed by atoms with Crippen LogP contribution in [0.1, 0.15) is 24.3 Å². The summed E-state index contributed by atoms with van der Waals surface area (Å²) < 4.78 is 0.0183. The van der Waals surface area contributed by atoms with Crippen LogP contribution >= 0.6 is 11.8 Å². The van der Waals surface area contributed by atoms with Gasteiger partial charge >= 0.3 is 0 Å². The first-order valence-electron chi connectivity index (χ1n) is 4.58. The maximum Gasteiger partial charge on any atom is 0.271 e. The molecule has 0 fully saturated rings. The summed E-state index contributed by atoms with van der Waals surface area (Å²) in [6.07, 6.45) is 3.44. The highest BCUT2D eigenvalue weighted by molar-refractivity contribution is 7.99. The third kappa shape index (κ3) is 3.16. The lowest BCUT2D eigenvalue weighted by molar-refractivity contribution is 0.0946. The molecule has 1 rings (SSSR count). The molecule has 1 aromatic rings. The van der Waals surface area contributed by atoms with Crippen molar-refractivity contribution >= 4 is 23.4 Å². The minimum atomic E-state index is -0.216. The Labute approximate surface area is 93.2 Å². The zero-order valence-corrected chi connectivity index (χ0v) is 9.94. The lowest BCUT2D eigenvalue weighted by Crippen LogP contribution is -2.36. The topological polar surface area (TPSA) is 83.8 Å². The number of amides is 1. The highest BCUT2D eigenvalue weighted by atomic mass is 32.2. The number of aromatic amines is 1. The molecule has 0 aliphatic heterocycles. The van der Waals surface area contributed by atoms with Crippen LogP contribution in [0.25, 0.3) is 0 Å². The van der Waals surface area contributed by atoms with Crippen LogP contribution in [0.4, 0.5) is 5.69 Å². The van der Waals surface area contributed by atoms with Gasteiger partial charge in [-0.1, -0.05) is 0 Å². The second kappa shape index (κ2) is 4.57. The second-order valence-electron chi connectivity index (χ2n) is 3.85. The van der Waals surface area contributed by atoms with Crippen molar-refractivity contribution in [3.63, 3.8) is 0 Å². The summed E-state index contributed by atoms with van der Waals surface area (Å²) in [6, 6.07) is 0. The molecule has 6 heteroatoms. The minimum absolute atomic E-state index is 0.0183.